The topological polar surface area (TPSA) is 47.5 Å². The van der Waals surface area contributed by atoms with Gasteiger partial charge in [0.05, 0.1) is 13.3 Å². The Morgan fingerprint density at radius 3 is 2.71 bits per heavy atom. The van der Waals surface area contributed by atoms with E-state index in [-0.39, 0.29) is 12.4 Å². The van der Waals surface area contributed by atoms with Crippen molar-refractivity contribution in [3.05, 3.63) is 40.4 Å². The third kappa shape index (κ3) is 3.95. The zero-order chi connectivity index (χ0) is 16.9. The number of benzene rings is 1. The number of rotatable bonds is 5. The van der Waals surface area contributed by atoms with E-state index >= 15 is 0 Å². The minimum atomic E-state index is -0.423. The number of anilines is 1. The lowest BCUT2D eigenvalue weighted by Crippen LogP contribution is -2.31. The molecule has 1 fully saturated rings. The highest BCUT2D eigenvalue weighted by atomic mass is 79.9. The van der Waals surface area contributed by atoms with Crippen LogP contribution in [0.25, 0.3) is 0 Å². The van der Waals surface area contributed by atoms with E-state index in [2.05, 4.69) is 30.8 Å². The van der Waals surface area contributed by atoms with Gasteiger partial charge in [-0.1, -0.05) is 15.9 Å². The molecule has 24 heavy (non-hydrogen) atoms. The number of methoxy groups -OCH3 is 1. The van der Waals surface area contributed by atoms with Crippen molar-refractivity contribution in [2.24, 2.45) is 0 Å². The number of piperidine rings is 1. The number of halogens is 2. The molecule has 0 bridgehead atoms. The summed E-state index contributed by atoms with van der Waals surface area (Å²) in [5.41, 5.74) is 0.607. The van der Waals surface area contributed by atoms with Crippen molar-refractivity contribution in [1.82, 2.24) is 9.97 Å². The summed E-state index contributed by atoms with van der Waals surface area (Å²) in [5.74, 6) is 0.964. The number of aromatic nitrogens is 2. The van der Waals surface area contributed by atoms with E-state index in [0.717, 1.165) is 25.9 Å². The first-order chi connectivity index (χ1) is 11.7. The Morgan fingerprint density at radius 1 is 1.21 bits per heavy atom. The molecule has 2 aromatic rings. The normalized spacial score (nSPS) is 14.5. The Kier molecular flexibility index (Phi) is 5.50. The minimum absolute atomic E-state index is 0.116. The van der Waals surface area contributed by atoms with Gasteiger partial charge in [-0.3, -0.25) is 0 Å². The fourth-order valence-electron chi connectivity index (χ4n) is 2.65. The second-order valence-electron chi connectivity index (χ2n) is 5.60. The van der Waals surface area contributed by atoms with Gasteiger partial charge in [-0.05, 0) is 37.5 Å². The zero-order valence-electron chi connectivity index (χ0n) is 13.5. The minimum Gasteiger partial charge on any atom is -0.493 e. The fourth-order valence-corrected chi connectivity index (χ4v) is 2.99. The first-order valence-electron chi connectivity index (χ1n) is 7.90. The van der Waals surface area contributed by atoms with Crippen LogP contribution in [0.3, 0.4) is 0 Å². The Morgan fingerprint density at radius 2 is 2.00 bits per heavy atom. The molecule has 128 valence electrons. The van der Waals surface area contributed by atoms with E-state index in [4.69, 9.17) is 9.47 Å². The molecule has 1 saturated heterocycles. The summed E-state index contributed by atoms with van der Waals surface area (Å²) < 4.78 is 25.4. The molecule has 0 N–H and O–H groups in total. The van der Waals surface area contributed by atoms with E-state index in [1.165, 1.54) is 12.5 Å². The molecule has 0 amide bonds. The summed E-state index contributed by atoms with van der Waals surface area (Å²) in [7, 11) is 1.56. The van der Waals surface area contributed by atoms with Gasteiger partial charge in [-0.15, -0.1) is 0 Å². The van der Waals surface area contributed by atoms with E-state index in [0.29, 0.717) is 21.9 Å². The summed E-state index contributed by atoms with van der Waals surface area (Å²) >= 11 is 3.23. The van der Waals surface area contributed by atoms with Crippen LogP contribution < -0.4 is 14.4 Å². The summed E-state index contributed by atoms with van der Waals surface area (Å²) in [6.07, 6.45) is 5.18. The molecule has 7 heteroatoms. The van der Waals surface area contributed by atoms with Gasteiger partial charge in [0.2, 0.25) is 5.95 Å². The average Bonchev–Trinajstić information content (AvgIpc) is 2.61. The highest BCUT2D eigenvalue weighted by Crippen LogP contribution is 2.25. The summed E-state index contributed by atoms with van der Waals surface area (Å²) in [6, 6.07) is 4.68. The number of hydrogen-bond donors (Lipinski definition) is 0. The van der Waals surface area contributed by atoms with Crippen molar-refractivity contribution in [2.45, 2.75) is 25.9 Å². The van der Waals surface area contributed by atoms with Gasteiger partial charge in [0, 0.05) is 17.6 Å². The van der Waals surface area contributed by atoms with E-state index in [1.54, 1.807) is 25.4 Å². The Balaban J connectivity index is 1.77. The summed E-state index contributed by atoms with van der Waals surface area (Å²) in [4.78, 5) is 11.1. The summed E-state index contributed by atoms with van der Waals surface area (Å²) in [6.45, 7) is 2.02. The van der Waals surface area contributed by atoms with Crippen molar-refractivity contribution in [1.29, 1.82) is 0 Å². The molecule has 0 unspecified atom stereocenters. The molecule has 5 nitrogen and oxygen atoms in total. The number of ether oxygens (including phenoxy) is 2. The molecule has 0 atom stereocenters. The Labute approximate surface area is 148 Å². The van der Waals surface area contributed by atoms with Crippen LogP contribution in [0.4, 0.5) is 10.3 Å². The lowest BCUT2D eigenvalue weighted by Gasteiger charge is -2.27. The van der Waals surface area contributed by atoms with Crippen molar-refractivity contribution in [3.8, 4) is 11.5 Å². The second-order valence-corrected chi connectivity index (χ2v) is 6.51. The molecule has 1 aliphatic rings. The molecule has 2 heterocycles. The van der Waals surface area contributed by atoms with Gasteiger partial charge >= 0.3 is 0 Å². The van der Waals surface area contributed by atoms with E-state index in [1.807, 2.05) is 0 Å². The van der Waals surface area contributed by atoms with Crippen LogP contribution in [0.15, 0.2) is 28.9 Å². The highest BCUT2D eigenvalue weighted by Gasteiger charge is 2.17. The first-order valence-corrected chi connectivity index (χ1v) is 8.69. The highest BCUT2D eigenvalue weighted by molar-refractivity contribution is 9.10. The van der Waals surface area contributed by atoms with Crippen LogP contribution in [0, 0.1) is 5.82 Å². The van der Waals surface area contributed by atoms with Gasteiger partial charge in [0.15, 0.2) is 17.3 Å². The molecular weight excluding hydrogens is 377 g/mol. The van der Waals surface area contributed by atoms with Gasteiger partial charge in [0.1, 0.15) is 12.3 Å². The molecule has 0 saturated carbocycles. The standard InChI is InChI=1S/C17H19BrFN3O2/c1-23-16-10-20-17(22-7-3-2-4-8-22)21-14(16)11-24-15-6-5-12(18)9-13(15)19/h5-6,9-10H,2-4,7-8,11H2,1H3. The van der Waals surface area contributed by atoms with Crippen LogP contribution in [-0.2, 0) is 6.61 Å². The summed E-state index contributed by atoms with van der Waals surface area (Å²) in [5, 5.41) is 0. The molecule has 3 rings (SSSR count). The molecule has 0 radical (unpaired) electrons. The predicted octanol–water partition coefficient (Wildman–Crippen LogP) is 3.96. The van der Waals surface area contributed by atoms with Crippen LogP contribution in [0.5, 0.6) is 11.5 Å². The number of hydrogen-bond acceptors (Lipinski definition) is 5. The third-order valence-electron chi connectivity index (χ3n) is 3.93. The second kappa shape index (κ2) is 7.79. The third-order valence-corrected chi connectivity index (χ3v) is 4.43. The SMILES string of the molecule is COc1cnc(N2CCCCC2)nc1COc1ccc(Br)cc1F. The van der Waals surface area contributed by atoms with E-state index in [9.17, 15) is 4.39 Å². The number of nitrogens with zero attached hydrogens (tertiary/aromatic N) is 3. The van der Waals surface area contributed by atoms with Gasteiger partial charge < -0.3 is 14.4 Å². The molecule has 1 aliphatic heterocycles. The maximum absolute atomic E-state index is 13.9. The van der Waals surface area contributed by atoms with Crippen LogP contribution in [0.1, 0.15) is 25.0 Å². The van der Waals surface area contributed by atoms with Crippen LogP contribution >= 0.6 is 15.9 Å². The fraction of sp³-hybridized carbons (Fsp3) is 0.412. The maximum atomic E-state index is 13.9. The molecule has 0 spiro atoms. The van der Waals surface area contributed by atoms with Crippen molar-refractivity contribution in [2.75, 3.05) is 25.1 Å². The monoisotopic (exact) mass is 395 g/mol. The molecular formula is C17H19BrFN3O2. The van der Waals surface area contributed by atoms with Crippen molar-refractivity contribution < 1.29 is 13.9 Å². The smallest absolute Gasteiger partial charge is 0.225 e. The quantitative estimate of drug-likeness (QED) is 0.766. The lowest BCUT2D eigenvalue weighted by molar-refractivity contribution is 0.277. The molecule has 0 aliphatic carbocycles. The Bertz CT molecular complexity index is 708. The zero-order valence-corrected chi connectivity index (χ0v) is 15.1. The van der Waals surface area contributed by atoms with Crippen LogP contribution in [0.2, 0.25) is 0 Å². The lowest BCUT2D eigenvalue weighted by atomic mass is 10.1. The largest absolute Gasteiger partial charge is 0.493 e. The molecule has 1 aromatic heterocycles. The Hall–Kier alpha value is -1.89. The predicted molar refractivity (Wildman–Crippen MR) is 93.1 cm³/mol. The van der Waals surface area contributed by atoms with Crippen molar-refractivity contribution in [3.63, 3.8) is 0 Å². The van der Waals surface area contributed by atoms with Crippen molar-refractivity contribution >= 4 is 21.9 Å². The van der Waals surface area contributed by atoms with Crippen LogP contribution in [-0.4, -0.2) is 30.2 Å². The first kappa shape index (κ1) is 17.0. The maximum Gasteiger partial charge on any atom is 0.225 e. The van der Waals surface area contributed by atoms with Gasteiger partial charge in [-0.2, -0.15) is 0 Å². The molecule has 1 aromatic carbocycles. The van der Waals surface area contributed by atoms with Gasteiger partial charge in [-0.25, -0.2) is 14.4 Å². The average molecular weight is 396 g/mol. The van der Waals surface area contributed by atoms with E-state index < -0.39 is 5.82 Å². The van der Waals surface area contributed by atoms with Gasteiger partial charge in [0.25, 0.3) is 0 Å².